The first-order chi connectivity index (χ1) is 10.6. The molecular weight excluding hydrogens is 316 g/mol. The van der Waals surface area contributed by atoms with Crippen LogP contribution in [0.4, 0.5) is 0 Å². The molecule has 0 aromatic carbocycles. The van der Waals surface area contributed by atoms with Crippen LogP contribution in [0.2, 0.25) is 18.1 Å². The van der Waals surface area contributed by atoms with Gasteiger partial charge in [-0.2, -0.15) is 0 Å². The zero-order valence-electron chi connectivity index (χ0n) is 17.6. The maximum atomic E-state index is 13.1. The highest BCUT2D eigenvalue weighted by atomic mass is 28.4. The van der Waals surface area contributed by atoms with Gasteiger partial charge in [-0.25, -0.2) is 0 Å². The molecule has 0 saturated carbocycles. The summed E-state index contributed by atoms with van der Waals surface area (Å²) in [6, 6.07) is 0. The first kappa shape index (κ1) is 23.5. The third-order valence-corrected chi connectivity index (χ3v) is 10.1. The Morgan fingerprint density at radius 2 is 1.62 bits per heavy atom. The Kier molecular flexibility index (Phi) is 8.13. The molecule has 0 heterocycles. The lowest BCUT2D eigenvalue weighted by atomic mass is 9.73. The van der Waals surface area contributed by atoms with Crippen LogP contribution in [0.15, 0.2) is 12.7 Å². The van der Waals surface area contributed by atoms with Gasteiger partial charge in [0.05, 0.1) is 12.2 Å². The van der Waals surface area contributed by atoms with Crippen molar-refractivity contribution < 1.29 is 14.3 Å². The fraction of sp³-hybridized carbons (Fsp3) is 0.850. The van der Waals surface area contributed by atoms with Gasteiger partial charge in [0.15, 0.2) is 8.32 Å². The van der Waals surface area contributed by atoms with E-state index in [0.717, 1.165) is 0 Å². The fourth-order valence-electron chi connectivity index (χ4n) is 2.69. The number of hydrogen-bond donors (Lipinski definition) is 1. The van der Waals surface area contributed by atoms with Gasteiger partial charge >= 0.3 is 0 Å². The average Bonchev–Trinajstić information content (AvgIpc) is 2.41. The van der Waals surface area contributed by atoms with E-state index in [1.807, 2.05) is 20.8 Å². The molecule has 0 saturated heterocycles. The SMILES string of the molecule is C=CC[C@H](O)C(C)(C)C(=O)C(C)C(O[Si](C)(C)C(C)(C)C)C(C)C. The molecule has 142 valence electrons. The number of ketones is 1. The van der Waals surface area contributed by atoms with Gasteiger partial charge in [0.2, 0.25) is 0 Å². The van der Waals surface area contributed by atoms with E-state index in [9.17, 15) is 9.90 Å². The van der Waals surface area contributed by atoms with Crippen LogP contribution in [0.1, 0.15) is 61.8 Å². The van der Waals surface area contributed by atoms with Crippen molar-refractivity contribution in [3.8, 4) is 0 Å². The van der Waals surface area contributed by atoms with Crippen LogP contribution in [-0.2, 0) is 9.22 Å². The topological polar surface area (TPSA) is 46.5 Å². The highest BCUT2D eigenvalue weighted by Crippen LogP contribution is 2.40. The number of rotatable bonds is 9. The predicted molar refractivity (Wildman–Crippen MR) is 106 cm³/mol. The maximum absolute atomic E-state index is 13.1. The standard InChI is InChI=1S/C20H40O3Si/c1-12-13-16(21)20(8,9)18(22)15(4)17(14(2)3)23-24(10,11)19(5,6)7/h12,14-17,21H,1,13H2,2-11H3/t15?,16-,17?/m0/s1. The minimum absolute atomic E-state index is 0.0641. The second kappa shape index (κ2) is 8.28. The van der Waals surface area contributed by atoms with Gasteiger partial charge in [-0.05, 0) is 30.5 Å². The Bertz CT molecular complexity index is 433. The summed E-state index contributed by atoms with van der Waals surface area (Å²) in [5.74, 6) is 0.0493. The van der Waals surface area contributed by atoms with Gasteiger partial charge < -0.3 is 9.53 Å². The van der Waals surface area contributed by atoms with Crippen molar-refractivity contribution in [3.63, 3.8) is 0 Å². The zero-order valence-corrected chi connectivity index (χ0v) is 18.6. The number of aliphatic hydroxyl groups is 1. The summed E-state index contributed by atoms with van der Waals surface area (Å²) in [4.78, 5) is 13.1. The first-order valence-electron chi connectivity index (χ1n) is 9.10. The molecule has 3 atom stereocenters. The highest BCUT2D eigenvalue weighted by molar-refractivity contribution is 6.74. The molecule has 1 N–H and O–H groups in total. The smallest absolute Gasteiger partial charge is 0.192 e. The van der Waals surface area contributed by atoms with Crippen LogP contribution in [0.5, 0.6) is 0 Å². The van der Waals surface area contributed by atoms with E-state index in [4.69, 9.17) is 4.43 Å². The molecule has 4 heteroatoms. The molecule has 0 rings (SSSR count). The average molecular weight is 357 g/mol. The maximum Gasteiger partial charge on any atom is 0.192 e. The second-order valence-electron chi connectivity index (χ2n) is 9.50. The number of Topliss-reactive ketones (excluding diaryl/α,β-unsaturated/α-hetero) is 1. The van der Waals surface area contributed by atoms with Gasteiger partial charge in [0.25, 0.3) is 0 Å². The Morgan fingerprint density at radius 1 is 1.17 bits per heavy atom. The lowest BCUT2D eigenvalue weighted by molar-refractivity contribution is -0.140. The Balaban J connectivity index is 5.48. The Labute approximate surface area is 151 Å². The van der Waals surface area contributed by atoms with Crippen LogP contribution in [-0.4, -0.2) is 31.4 Å². The van der Waals surface area contributed by atoms with Gasteiger partial charge in [0.1, 0.15) is 5.78 Å². The molecule has 0 spiro atoms. The van der Waals surface area contributed by atoms with E-state index < -0.39 is 19.8 Å². The van der Waals surface area contributed by atoms with Crippen LogP contribution in [0.25, 0.3) is 0 Å². The molecule has 0 radical (unpaired) electrons. The van der Waals surface area contributed by atoms with E-state index in [0.29, 0.717) is 6.42 Å². The molecule has 0 bridgehead atoms. The lowest BCUT2D eigenvalue weighted by Gasteiger charge is -2.43. The van der Waals surface area contributed by atoms with Crippen molar-refractivity contribution >= 4 is 14.1 Å². The molecule has 0 aromatic rings. The van der Waals surface area contributed by atoms with Crippen molar-refractivity contribution in [1.29, 1.82) is 0 Å². The zero-order chi connectivity index (χ0) is 19.5. The van der Waals surface area contributed by atoms with Crippen LogP contribution in [0, 0.1) is 17.3 Å². The van der Waals surface area contributed by atoms with Crippen LogP contribution < -0.4 is 0 Å². The summed E-state index contributed by atoms with van der Waals surface area (Å²) in [6.07, 6.45) is 1.23. The van der Waals surface area contributed by atoms with Crippen molar-refractivity contribution in [2.24, 2.45) is 17.3 Å². The summed E-state index contributed by atoms with van der Waals surface area (Å²) in [7, 11) is -1.97. The van der Waals surface area contributed by atoms with Crippen molar-refractivity contribution in [3.05, 3.63) is 12.7 Å². The molecule has 3 nitrogen and oxygen atoms in total. The van der Waals surface area contributed by atoms with E-state index in [-0.39, 0.29) is 28.8 Å². The first-order valence-corrected chi connectivity index (χ1v) is 12.0. The summed E-state index contributed by atoms with van der Waals surface area (Å²) >= 11 is 0. The van der Waals surface area contributed by atoms with Crippen molar-refractivity contribution in [2.75, 3.05) is 0 Å². The Hall–Kier alpha value is -0.453. The normalized spacial score (nSPS) is 17.5. The van der Waals surface area contributed by atoms with Gasteiger partial charge in [-0.15, -0.1) is 6.58 Å². The van der Waals surface area contributed by atoms with Gasteiger partial charge in [0, 0.05) is 11.3 Å². The molecule has 0 amide bonds. The summed E-state index contributed by atoms with van der Waals surface area (Å²) in [5, 5.41) is 10.5. The van der Waals surface area contributed by atoms with E-state index in [1.54, 1.807) is 6.08 Å². The summed E-state index contributed by atoms with van der Waals surface area (Å²) in [6.45, 7) is 24.5. The van der Waals surface area contributed by atoms with Gasteiger partial charge in [-0.1, -0.05) is 61.5 Å². The Morgan fingerprint density at radius 3 is 1.96 bits per heavy atom. The lowest BCUT2D eigenvalue weighted by Crippen LogP contribution is -2.51. The third kappa shape index (κ3) is 5.53. The van der Waals surface area contributed by atoms with E-state index >= 15 is 0 Å². The minimum Gasteiger partial charge on any atom is -0.413 e. The molecule has 0 fully saturated rings. The number of hydrogen-bond acceptors (Lipinski definition) is 3. The van der Waals surface area contributed by atoms with Crippen molar-refractivity contribution in [1.82, 2.24) is 0 Å². The van der Waals surface area contributed by atoms with E-state index in [1.165, 1.54) is 0 Å². The quantitative estimate of drug-likeness (QED) is 0.456. The molecule has 2 unspecified atom stereocenters. The third-order valence-electron chi connectivity index (χ3n) is 5.66. The fourth-order valence-corrected chi connectivity index (χ4v) is 4.20. The molecule has 0 aliphatic rings. The molecule has 0 aliphatic heterocycles. The van der Waals surface area contributed by atoms with Crippen molar-refractivity contribution in [2.45, 2.75) is 92.2 Å². The monoisotopic (exact) mass is 356 g/mol. The second-order valence-corrected chi connectivity index (χ2v) is 14.3. The number of carbonyl (C=O) groups excluding carboxylic acids is 1. The highest BCUT2D eigenvalue weighted by Gasteiger charge is 2.45. The van der Waals surface area contributed by atoms with Gasteiger partial charge in [-0.3, -0.25) is 4.79 Å². The largest absolute Gasteiger partial charge is 0.413 e. The minimum atomic E-state index is -1.97. The van der Waals surface area contributed by atoms with E-state index in [2.05, 4.69) is 54.3 Å². The summed E-state index contributed by atoms with van der Waals surface area (Å²) < 4.78 is 6.60. The molecular formula is C20H40O3Si. The number of carbonyl (C=O) groups is 1. The predicted octanol–water partition coefficient (Wildman–Crippen LogP) is 5.20. The number of aliphatic hydroxyl groups excluding tert-OH is 1. The molecule has 0 aromatic heterocycles. The van der Waals surface area contributed by atoms with Crippen LogP contribution in [0.3, 0.4) is 0 Å². The van der Waals surface area contributed by atoms with Crippen LogP contribution >= 0.6 is 0 Å². The summed E-state index contributed by atoms with van der Waals surface area (Å²) in [5.41, 5.74) is -0.808. The molecule has 0 aliphatic carbocycles. The molecule has 24 heavy (non-hydrogen) atoms.